The van der Waals surface area contributed by atoms with Crippen molar-refractivity contribution in [1.82, 2.24) is 15.0 Å². The second kappa shape index (κ2) is 13.9. The third-order valence-corrected chi connectivity index (χ3v) is 6.69. The molecule has 2 aromatic carbocycles. The molecule has 0 bridgehead atoms. The summed E-state index contributed by atoms with van der Waals surface area (Å²) in [6.07, 6.45) is 6.16. The number of amides is 1. The van der Waals surface area contributed by atoms with E-state index in [0.29, 0.717) is 45.2 Å². The number of unbranched alkanes of at least 4 members (excludes halogenated alkanes) is 3. The number of carbonyl (C=O) groups is 2. The van der Waals surface area contributed by atoms with Gasteiger partial charge in [0.25, 0.3) is 0 Å². The summed E-state index contributed by atoms with van der Waals surface area (Å²) in [5.41, 5.74) is 5.42. The van der Waals surface area contributed by atoms with Crippen LogP contribution in [0, 0.1) is 5.92 Å². The van der Waals surface area contributed by atoms with Crippen LogP contribution in [0.15, 0.2) is 48.5 Å². The zero-order valence-electron chi connectivity index (χ0n) is 21.7. The van der Waals surface area contributed by atoms with Crippen LogP contribution in [0.3, 0.4) is 0 Å². The van der Waals surface area contributed by atoms with Gasteiger partial charge in [-0.1, -0.05) is 67.9 Å². The molecule has 1 aromatic heterocycles. The predicted molar refractivity (Wildman–Crippen MR) is 140 cm³/mol. The number of hydrogen-bond donors (Lipinski definition) is 0. The van der Waals surface area contributed by atoms with Crippen LogP contribution in [0.25, 0.3) is 22.5 Å². The van der Waals surface area contributed by atoms with Crippen LogP contribution < -0.4 is 4.90 Å². The monoisotopic (exact) mass is 574 g/mol. The summed E-state index contributed by atoms with van der Waals surface area (Å²) in [7, 11) is 0. The van der Waals surface area contributed by atoms with Gasteiger partial charge in [-0.05, 0) is 30.9 Å². The van der Waals surface area contributed by atoms with E-state index in [1.165, 1.54) is 0 Å². The molecule has 0 saturated heterocycles. The van der Waals surface area contributed by atoms with E-state index in [-0.39, 0.29) is 50.3 Å². The Labute approximate surface area is 243 Å². The average molecular weight is 575 g/mol. The standard InChI is InChI=1S/C29H33N4O3.Y/c1-21(2)26(35)16-8-9-17-27(36)32-20-22-12-4-5-13-23(22)28-29(24-14-6-7-15-25(24)32)33(31-30-28)18-10-3-11-19-34;/h4-7,12-15,21H,3,8-11,16-18,20H2,1-2H3;/q-1;. The van der Waals surface area contributed by atoms with E-state index in [9.17, 15) is 14.4 Å². The Hall–Kier alpha value is -2.51. The molecule has 3 aromatic rings. The number of para-hydroxylation sites is 1. The summed E-state index contributed by atoms with van der Waals surface area (Å²) < 4.78 is 1.89. The van der Waals surface area contributed by atoms with Gasteiger partial charge in [0, 0.05) is 69.1 Å². The van der Waals surface area contributed by atoms with Crippen LogP contribution in [-0.4, -0.2) is 33.0 Å². The summed E-state index contributed by atoms with van der Waals surface area (Å²) in [5, 5.41) is 9.03. The molecule has 2 heterocycles. The van der Waals surface area contributed by atoms with Crippen LogP contribution in [0.4, 0.5) is 5.69 Å². The Morgan fingerprint density at radius 3 is 2.41 bits per heavy atom. The Bertz CT molecular complexity index is 1240. The van der Waals surface area contributed by atoms with Crippen molar-refractivity contribution in [2.75, 3.05) is 4.90 Å². The van der Waals surface area contributed by atoms with Gasteiger partial charge in [0.05, 0.1) is 17.9 Å². The first-order valence-electron chi connectivity index (χ1n) is 12.8. The molecule has 1 aliphatic heterocycles. The maximum absolute atomic E-state index is 13.6. The van der Waals surface area contributed by atoms with E-state index in [1.807, 2.05) is 78.2 Å². The fourth-order valence-electron chi connectivity index (χ4n) is 4.65. The molecule has 0 saturated carbocycles. The number of nitrogens with zero attached hydrogens (tertiary/aromatic N) is 4. The van der Waals surface area contributed by atoms with E-state index in [1.54, 1.807) is 0 Å². The molecule has 4 rings (SSSR count). The molecule has 37 heavy (non-hydrogen) atoms. The minimum absolute atomic E-state index is 0. The number of hydrogen-bond acceptors (Lipinski definition) is 5. The molecule has 1 radical (unpaired) electrons. The number of rotatable bonds is 11. The van der Waals surface area contributed by atoms with Gasteiger partial charge >= 0.3 is 0 Å². The molecule has 0 atom stereocenters. The Balaban J connectivity index is 0.00000380. The quantitative estimate of drug-likeness (QED) is 0.222. The van der Waals surface area contributed by atoms with Gasteiger partial charge in [-0.15, -0.1) is 5.10 Å². The summed E-state index contributed by atoms with van der Waals surface area (Å²) in [4.78, 5) is 38.0. The van der Waals surface area contributed by atoms with Gasteiger partial charge in [0.15, 0.2) is 0 Å². The minimum Gasteiger partial charge on any atom is -0.542 e. The van der Waals surface area contributed by atoms with E-state index in [0.717, 1.165) is 46.6 Å². The molecule has 0 aliphatic carbocycles. The molecular formula is C29H33N4O3Y-. The molecule has 1 aliphatic rings. The predicted octanol–water partition coefficient (Wildman–Crippen LogP) is 5.52. The molecule has 1 amide bonds. The van der Waals surface area contributed by atoms with Crippen molar-refractivity contribution in [3.63, 3.8) is 0 Å². The number of ketones is 1. The van der Waals surface area contributed by atoms with E-state index >= 15 is 0 Å². The van der Waals surface area contributed by atoms with Crippen molar-refractivity contribution in [2.45, 2.75) is 71.9 Å². The fourth-order valence-corrected chi connectivity index (χ4v) is 4.65. The number of benzene rings is 2. The maximum Gasteiger partial charge on any atom is 0.227 e. The molecule has 0 spiro atoms. The third kappa shape index (κ3) is 6.88. The van der Waals surface area contributed by atoms with Gasteiger partial charge in [-0.3, -0.25) is 15.9 Å². The van der Waals surface area contributed by atoms with Crippen LogP contribution in [0.1, 0.15) is 64.4 Å². The number of fused-ring (bicyclic) bond motifs is 5. The van der Waals surface area contributed by atoms with E-state index < -0.39 is 0 Å². The summed E-state index contributed by atoms with van der Waals surface area (Å²) >= 11 is 0. The molecule has 0 unspecified atom stereocenters. The summed E-state index contributed by atoms with van der Waals surface area (Å²) in [5.74, 6) is 0.313. The zero-order chi connectivity index (χ0) is 25.5. The summed E-state index contributed by atoms with van der Waals surface area (Å²) in [6.45, 7) is 4.89. The Kier molecular flexibility index (Phi) is 10.9. The first-order chi connectivity index (χ1) is 17.5. The van der Waals surface area contributed by atoms with Crippen LogP contribution in [-0.2, 0) is 60.2 Å². The smallest absolute Gasteiger partial charge is 0.227 e. The van der Waals surface area contributed by atoms with Crippen molar-refractivity contribution < 1.29 is 47.1 Å². The van der Waals surface area contributed by atoms with Crippen LogP contribution >= 0.6 is 0 Å². The minimum atomic E-state index is 0. The van der Waals surface area contributed by atoms with Gasteiger partial charge < -0.3 is 9.69 Å². The third-order valence-electron chi connectivity index (χ3n) is 6.69. The number of aryl methyl sites for hydroxylation is 1. The van der Waals surface area contributed by atoms with Gasteiger partial charge in [-0.2, -0.15) is 6.42 Å². The Morgan fingerprint density at radius 2 is 1.65 bits per heavy atom. The van der Waals surface area contributed by atoms with Crippen molar-refractivity contribution in [2.24, 2.45) is 5.92 Å². The van der Waals surface area contributed by atoms with Gasteiger partial charge in [0.1, 0.15) is 11.5 Å². The SMILES string of the molecule is CC(C)C(=O)CCCCC(=O)N1Cc2ccccc2-c2nnn(CCCC[C-]=O)c2-c2ccccc21.[Y]. The number of anilines is 1. The average Bonchev–Trinajstić information content (AvgIpc) is 3.29. The first kappa shape index (κ1) is 29.1. The van der Waals surface area contributed by atoms with Crippen LogP contribution in [0.2, 0.25) is 0 Å². The summed E-state index contributed by atoms with van der Waals surface area (Å²) in [6, 6.07) is 15.9. The number of carbonyl (C=O) groups excluding carboxylic acids is 3. The zero-order valence-corrected chi connectivity index (χ0v) is 24.5. The van der Waals surface area contributed by atoms with E-state index in [4.69, 9.17) is 0 Å². The topological polar surface area (TPSA) is 85.2 Å². The second-order valence-electron chi connectivity index (χ2n) is 9.59. The maximum atomic E-state index is 13.6. The molecule has 0 N–H and O–H groups in total. The molecule has 7 nitrogen and oxygen atoms in total. The fraction of sp³-hybridized carbons (Fsp3) is 0.414. The molecule has 8 heteroatoms. The number of Topliss-reactive ketones (excluding diaryl/α,β-unsaturated/α-hetero) is 1. The van der Waals surface area contributed by atoms with Gasteiger partial charge in [0.2, 0.25) is 5.91 Å². The van der Waals surface area contributed by atoms with Gasteiger partial charge in [-0.25, -0.2) is 4.68 Å². The van der Waals surface area contributed by atoms with Crippen molar-refractivity contribution in [1.29, 1.82) is 0 Å². The molecule has 191 valence electrons. The van der Waals surface area contributed by atoms with Crippen molar-refractivity contribution in [3.05, 3.63) is 54.1 Å². The molecular weight excluding hydrogens is 541 g/mol. The van der Waals surface area contributed by atoms with Crippen LogP contribution in [0.5, 0.6) is 0 Å². The number of aromatic nitrogens is 3. The Morgan fingerprint density at radius 1 is 0.946 bits per heavy atom. The van der Waals surface area contributed by atoms with E-state index in [2.05, 4.69) is 10.3 Å². The molecule has 0 fully saturated rings. The second-order valence-corrected chi connectivity index (χ2v) is 9.59. The van der Waals surface area contributed by atoms with Crippen molar-refractivity contribution in [3.8, 4) is 22.5 Å². The largest absolute Gasteiger partial charge is 0.542 e. The first-order valence-corrected chi connectivity index (χ1v) is 12.8. The van der Waals surface area contributed by atoms with Crippen molar-refractivity contribution >= 4 is 23.7 Å². The normalized spacial score (nSPS) is 12.0.